The van der Waals surface area contributed by atoms with Gasteiger partial charge in [0.2, 0.25) is 0 Å². The van der Waals surface area contributed by atoms with E-state index < -0.39 is 11.7 Å². The second-order valence-corrected chi connectivity index (χ2v) is 9.33. The predicted octanol–water partition coefficient (Wildman–Crippen LogP) is 3.51. The molecule has 2 aromatic carbocycles. The molecule has 1 aliphatic rings. The van der Waals surface area contributed by atoms with Crippen molar-refractivity contribution in [3.05, 3.63) is 78.6 Å². The second-order valence-electron chi connectivity index (χ2n) is 9.33. The number of nitrogens with two attached hydrogens (primary N) is 1. The van der Waals surface area contributed by atoms with Gasteiger partial charge < -0.3 is 30.5 Å². The summed E-state index contributed by atoms with van der Waals surface area (Å²) >= 11 is 0. The van der Waals surface area contributed by atoms with E-state index in [4.69, 9.17) is 15.2 Å². The first-order valence-corrected chi connectivity index (χ1v) is 12.7. The molecule has 1 amide bonds. The first kappa shape index (κ1) is 27.0. The van der Waals surface area contributed by atoms with Gasteiger partial charge >= 0.3 is 0 Å². The number of carbonyl (C=O) groups excluding carboxylic acids is 1. The zero-order valence-corrected chi connectivity index (χ0v) is 22.0. The number of nitrogens with zero attached hydrogens (tertiary/aromatic N) is 4. The van der Waals surface area contributed by atoms with Crippen molar-refractivity contribution in [1.29, 1.82) is 0 Å². The van der Waals surface area contributed by atoms with E-state index in [0.29, 0.717) is 30.1 Å². The number of methoxy groups -OCH3 is 2. The third-order valence-corrected chi connectivity index (χ3v) is 6.84. The van der Waals surface area contributed by atoms with Gasteiger partial charge in [0.25, 0.3) is 5.91 Å². The zero-order chi connectivity index (χ0) is 28.2. The van der Waals surface area contributed by atoms with Crippen LogP contribution in [-0.4, -0.2) is 65.4 Å². The van der Waals surface area contributed by atoms with Crippen LogP contribution in [0.4, 0.5) is 15.8 Å². The van der Waals surface area contributed by atoms with Crippen LogP contribution >= 0.6 is 0 Å². The molecule has 3 heterocycles. The molecule has 0 saturated carbocycles. The first-order valence-electron chi connectivity index (χ1n) is 12.7. The Kier molecular flexibility index (Phi) is 7.85. The summed E-state index contributed by atoms with van der Waals surface area (Å²) in [6, 6.07) is 12.9. The van der Waals surface area contributed by atoms with Crippen LogP contribution in [0.25, 0.3) is 22.5 Å². The fraction of sp³-hybridized carbons (Fsp3) is 0.241. The van der Waals surface area contributed by atoms with Gasteiger partial charge in [0.15, 0.2) is 5.82 Å². The van der Waals surface area contributed by atoms with Crippen LogP contribution in [0.2, 0.25) is 0 Å². The van der Waals surface area contributed by atoms with E-state index in [2.05, 4.69) is 20.3 Å². The molecule has 40 heavy (non-hydrogen) atoms. The van der Waals surface area contributed by atoms with Crippen LogP contribution in [0, 0.1) is 5.82 Å². The fourth-order valence-electron chi connectivity index (χ4n) is 4.93. The van der Waals surface area contributed by atoms with Gasteiger partial charge in [-0.15, -0.1) is 0 Å². The lowest BCUT2D eigenvalue weighted by Crippen LogP contribution is -2.33. The van der Waals surface area contributed by atoms with Crippen molar-refractivity contribution in [3.63, 3.8) is 0 Å². The predicted molar refractivity (Wildman–Crippen MR) is 149 cm³/mol. The minimum atomic E-state index is -0.568. The molecule has 0 radical (unpaired) electrons. The number of hydrogen-bond acceptors (Lipinski definition) is 9. The van der Waals surface area contributed by atoms with E-state index in [9.17, 15) is 14.3 Å². The second kappa shape index (κ2) is 11.6. The van der Waals surface area contributed by atoms with Gasteiger partial charge in [-0.1, -0.05) is 12.1 Å². The van der Waals surface area contributed by atoms with Gasteiger partial charge in [0, 0.05) is 30.5 Å². The van der Waals surface area contributed by atoms with Crippen LogP contribution in [-0.2, 0) is 0 Å². The summed E-state index contributed by atoms with van der Waals surface area (Å²) in [6.07, 6.45) is 5.30. The van der Waals surface area contributed by atoms with Crippen molar-refractivity contribution in [2.45, 2.75) is 18.5 Å². The average Bonchev–Trinajstić information content (AvgIpc) is 3.37. The number of nitrogens with one attached hydrogen (secondary N) is 1. The van der Waals surface area contributed by atoms with Crippen LogP contribution < -0.4 is 25.4 Å². The maximum absolute atomic E-state index is 14.7. The van der Waals surface area contributed by atoms with Gasteiger partial charge in [0.05, 0.1) is 50.0 Å². The standard InChI is InChI=1S/C29H29FN6O4/c1-39-25-5-3-4-21(30)27(25)28-33-11-9-23(34-28)29(38)35-22-7-6-17(20-8-10-32-14-26(20)40-2)12-24(22)36-15-18(31)13-19(36)16-37/h3-12,14,18-19,37H,13,15-16,31H2,1-2H3,(H,35,38). The van der Waals surface area contributed by atoms with Crippen molar-refractivity contribution < 1.29 is 23.8 Å². The number of benzene rings is 2. The molecular formula is C29H29FN6O4. The highest BCUT2D eigenvalue weighted by Crippen LogP contribution is 2.38. The molecule has 1 saturated heterocycles. The number of amides is 1. The maximum Gasteiger partial charge on any atom is 0.274 e. The Morgan fingerprint density at radius 3 is 2.75 bits per heavy atom. The first-order chi connectivity index (χ1) is 19.4. The number of rotatable bonds is 8. The average molecular weight is 545 g/mol. The zero-order valence-electron chi connectivity index (χ0n) is 22.0. The Labute approximate surface area is 230 Å². The van der Waals surface area contributed by atoms with Crippen LogP contribution in [0.15, 0.2) is 67.1 Å². The topological polar surface area (TPSA) is 136 Å². The molecule has 4 aromatic rings. The molecule has 11 heteroatoms. The molecule has 2 atom stereocenters. The number of anilines is 2. The molecule has 10 nitrogen and oxygen atoms in total. The van der Waals surface area contributed by atoms with E-state index in [1.165, 1.54) is 31.5 Å². The SMILES string of the molecule is COc1cnccc1-c1ccc(NC(=O)c2ccnc(-c3c(F)cccc3OC)n2)c(N2CC(N)CC2CO)c1. The number of pyridine rings is 1. The summed E-state index contributed by atoms with van der Waals surface area (Å²) in [4.78, 5) is 28.0. The Morgan fingerprint density at radius 2 is 1.98 bits per heavy atom. The number of hydrogen-bond donors (Lipinski definition) is 3. The summed E-state index contributed by atoms with van der Waals surface area (Å²) < 4.78 is 25.4. The van der Waals surface area contributed by atoms with Crippen LogP contribution in [0.5, 0.6) is 11.5 Å². The highest BCUT2D eigenvalue weighted by atomic mass is 19.1. The lowest BCUT2D eigenvalue weighted by atomic mass is 10.0. The van der Waals surface area contributed by atoms with Crippen molar-refractivity contribution >= 4 is 17.3 Å². The number of halogens is 1. The fourth-order valence-corrected chi connectivity index (χ4v) is 4.93. The van der Waals surface area contributed by atoms with Crippen molar-refractivity contribution in [2.24, 2.45) is 5.73 Å². The third-order valence-electron chi connectivity index (χ3n) is 6.84. The van der Waals surface area contributed by atoms with Crippen LogP contribution in [0.3, 0.4) is 0 Å². The van der Waals surface area contributed by atoms with Gasteiger partial charge in [-0.3, -0.25) is 9.78 Å². The summed E-state index contributed by atoms with van der Waals surface area (Å²) in [5, 5.41) is 13.0. The summed E-state index contributed by atoms with van der Waals surface area (Å²) in [7, 11) is 3.00. The van der Waals surface area contributed by atoms with Gasteiger partial charge in [-0.05, 0) is 48.4 Å². The Hall–Kier alpha value is -4.61. The molecule has 0 spiro atoms. The normalized spacial score (nSPS) is 16.6. The quantitative estimate of drug-likeness (QED) is 0.304. The summed E-state index contributed by atoms with van der Waals surface area (Å²) in [5.41, 5.74) is 9.18. The van der Waals surface area contributed by atoms with Crippen molar-refractivity contribution in [2.75, 3.05) is 37.6 Å². The molecule has 1 aliphatic heterocycles. The van der Waals surface area contributed by atoms with E-state index in [0.717, 1.165) is 11.1 Å². The Morgan fingerprint density at radius 1 is 1.15 bits per heavy atom. The highest BCUT2D eigenvalue weighted by Gasteiger charge is 2.32. The van der Waals surface area contributed by atoms with Crippen molar-refractivity contribution in [1.82, 2.24) is 15.0 Å². The Balaban J connectivity index is 1.53. The van der Waals surface area contributed by atoms with Gasteiger partial charge in [0.1, 0.15) is 23.0 Å². The van der Waals surface area contributed by atoms with E-state index in [1.807, 2.05) is 23.1 Å². The molecule has 0 aliphatic carbocycles. The number of ether oxygens (including phenoxy) is 2. The number of carbonyl (C=O) groups is 1. The van der Waals surface area contributed by atoms with E-state index in [1.54, 1.807) is 31.6 Å². The minimum absolute atomic E-state index is 0.0221. The maximum atomic E-state index is 14.7. The molecule has 206 valence electrons. The molecular weight excluding hydrogens is 515 g/mol. The van der Waals surface area contributed by atoms with E-state index in [-0.39, 0.29) is 41.5 Å². The van der Waals surface area contributed by atoms with Crippen molar-refractivity contribution in [3.8, 4) is 34.0 Å². The highest BCUT2D eigenvalue weighted by molar-refractivity contribution is 6.05. The Bertz CT molecular complexity index is 1530. The smallest absolute Gasteiger partial charge is 0.274 e. The summed E-state index contributed by atoms with van der Waals surface area (Å²) in [6.45, 7) is 0.402. The van der Waals surface area contributed by atoms with E-state index >= 15 is 0 Å². The molecule has 2 aromatic heterocycles. The molecule has 5 rings (SSSR count). The monoisotopic (exact) mass is 544 g/mol. The number of aromatic nitrogens is 3. The van der Waals surface area contributed by atoms with Gasteiger partial charge in [-0.2, -0.15) is 0 Å². The third kappa shape index (κ3) is 5.29. The number of aliphatic hydroxyl groups excluding tert-OH is 1. The van der Waals surface area contributed by atoms with Gasteiger partial charge in [-0.25, -0.2) is 14.4 Å². The lowest BCUT2D eigenvalue weighted by molar-refractivity contribution is 0.102. The molecule has 2 unspecified atom stereocenters. The minimum Gasteiger partial charge on any atom is -0.496 e. The molecule has 0 bridgehead atoms. The lowest BCUT2D eigenvalue weighted by Gasteiger charge is -2.28. The molecule has 1 fully saturated rings. The molecule has 4 N–H and O–H groups in total. The van der Waals surface area contributed by atoms with Crippen LogP contribution in [0.1, 0.15) is 16.9 Å². The largest absolute Gasteiger partial charge is 0.496 e. The number of aliphatic hydroxyl groups is 1. The summed E-state index contributed by atoms with van der Waals surface area (Å²) in [5.74, 6) is -0.212.